The standard InChI is InChI=1S/C19H19ClN4O/c1-22-16-6-4-5-15(20)14(16)13-17(22)19(25)24-11-9-23(10-12-24)18-7-2-3-8-21-18/h2-8,13H,9-12H2,1H3. The number of aryl methyl sites for hydroxylation is 1. The van der Waals surface area contributed by atoms with Gasteiger partial charge in [-0.1, -0.05) is 23.7 Å². The predicted molar refractivity (Wildman–Crippen MR) is 100 cm³/mol. The van der Waals surface area contributed by atoms with Crippen LogP contribution in [-0.4, -0.2) is 46.5 Å². The van der Waals surface area contributed by atoms with Crippen LogP contribution >= 0.6 is 11.6 Å². The van der Waals surface area contributed by atoms with Gasteiger partial charge in [0.1, 0.15) is 11.5 Å². The van der Waals surface area contributed by atoms with Crippen molar-refractivity contribution in [2.75, 3.05) is 31.1 Å². The molecule has 1 aliphatic heterocycles. The van der Waals surface area contributed by atoms with Crippen molar-refractivity contribution in [1.29, 1.82) is 0 Å². The average molecular weight is 355 g/mol. The van der Waals surface area contributed by atoms with Crippen molar-refractivity contribution in [1.82, 2.24) is 14.5 Å². The van der Waals surface area contributed by atoms with Crippen LogP contribution in [0.2, 0.25) is 5.02 Å². The maximum atomic E-state index is 13.0. The van der Waals surface area contributed by atoms with Crippen molar-refractivity contribution in [3.05, 3.63) is 59.4 Å². The smallest absolute Gasteiger partial charge is 0.270 e. The van der Waals surface area contributed by atoms with Crippen molar-refractivity contribution in [2.24, 2.45) is 7.05 Å². The first-order valence-electron chi connectivity index (χ1n) is 8.34. The van der Waals surface area contributed by atoms with Crippen LogP contribution in [0.15, 0.2) is 48.7 Å². The number of rotatable bonds is 2. The molecule has 25 heavy (non-hydrogen) atoms. The Kier molecular flexibility index (Phi) is 4.09. The zero-order valence-electron chi connectivity index (χ0n) is 14.0. The molecule has 1 amide bonds. The van der Waals surface area contributed by atoms with Gasteiger partial charge in [-0.05, 0) is 30.3 Å². The molecule has 3 aromatic rings. The van der Waals surface area contributed by atoms with Crippen LogP contribution in [0.25, 0.3) is 10.9 Å². The molecule has 5 nitrogen and oxygen atoms in total. The van der Waals surface area contributed by atoms with Crippen LogP contribution in [0.3, 0.4) is 0 Å². The summed E-state index contributed by atoms with van der Waals surface area (Å²) in [6.45, 7) is 2.94. The molecule has 0 saturated carbocycles. The van der Waals surface area contributed by atoms with Crippen LogP contribution in [0.1, 0.15) is 10.5 Å². The number of piperazine rings is 1. The molecule has 1 fully saturated rings. The fourth-order valence-electron chi connectivity index (χ4n) is 3.37. The third-order valence-electron chi connectivity index (χ3n) is 4.79. The van der Waals surface area contributed by atoms with Gasteiger partial charge in [-0.25, -0.2) is 4.98 Å². The molecule has 6 heteroatoms. The first-order valence-corrected chi connectivity index (χ1v) is 8.72. The molecular weight excluding hydrogens is 336 g/mol. The van der Waals surface area contributed by atoms with Gasteiger partial charge in [0.25, 0.3) is 5.91 Å². The Hall–Kier alpha value is -2.53. The molecule has 1 aliphatic rings. The van der Waals surface area contributed by atoms with Crippen LogP contribution in [0.4, 0.5) is 5.82 Å². The number of amides is 1. The van der Waals surface area contributed by atoms with Crippen molar-refractivity contribution < 1.29 is 4.79 Å². The summed E-state index contributed by atoms with van der Waals surface area (Å²) in [6.07, 6.45) is 1.80. The van der Waals surface area contributed by atoms with Gasteiger partial charge in [0.15, 0.2) is 0 Å². The topological polar surface area (TPSA) is 41.4 Å². The SMILES string of the molecule is Cn1c(C(=O)N2CCN(c3ccccn3)CC2)cc2c(Cl)cccc21. The lowest BCUT2D eigenvalue weighted by molar-refractivity contribution is 0.0737. The third kappa shape index (κ3) is 2.85. The Morgan fingerprint density at radius 1 is 1.08 bits per heavy atom. The maximum absolute atomic E-state index is 13.0. The highest BCUT2D eigenvalue weighted by molar-refractivity contribution is 6.35. The molecule has 0 spiro atoms. The van der Waals surface area contributed by atoms with E-state index in [-0.39, 0.29) is 5.91 Å². The summed E-state index contributed by atoms with van der Waals surface area (Å²) >= 11 is 6.27. The molecule has 0 N–H and O–H groups in total. The van der Waals surface area contributed by atoms with Crippen molar-refractivity contribution in [2.45, 2.75) is 0 Å². The van der Waals surface area contributed by atoms with E-state index in [1.165, 1.54) is 0 Å². The largest absolute Gasteiger partial charge is 0.353 e. The number of carbonyl (C=O) groups is 1. The molecule has 2 aromatic heterocycles. The highest BCUT2D eigenvalue weighted by Gasteiger charge is 2.25. The number of hydrogen-bond acceptors (Lipinski definition) is 3. The van der Waals surface area contributed by atoms with Crippen molar-refractivity contribution >= 4 is 34.2 Å². The number of nitrogens with zero attached hydrogens (tertiary/aromatic N) is 4. The Bertz CT molecular complexity index is 914. The zero-order chi connectivity index (χ0) is 17.4. The highest BCUT2D eigenvalue weighted by atomic mass is 35.5. The lowest BCUT2D eigenvalue weighted by Crippen LogP contribution is -2.49. The molecule has 0 atom stereocenters. The minimum Gasteiger partial charge on any atom is -0.353 e. The summed E-state index contributed by atoms with van der Waals surface area (Å²) in [7, 11) is 1.91. The number of hydrogen-bond donors (Lipinski definition) is 0. The molecular formula is C19H19ClN4O. The molecule has 0 aliphatic carbocycles. The summed E-state index contributed by atoms with van der Waals surface area (Å²) in [5, 5.41) is 1.59. The monoisotopic (exact) mass is 354 g/mol. The summed E-state index contributed by atoms with van der Waals surface area (Å²) in [4.78, 5) is 21.5. The Morgan fingerprint density at radius 3 is 2.56 bits per heavy atom. The minimum absolute atomic E-state index is 0.0513. The van der Waals surface area contributed by atoms with E-state index in [1.807, 2.05) is 59.0 Å². The molecule has 0 unspecified atom stereocenters. The highest BCUT2D eigenvalue weighted by Crippen LogP contribution is 2.27. The van der Waals surface area contributed by atoms with Crippen LogP contribution < -0.4 is 4.90 Å². The van der Waals surface area contributed by atoms with Gasteiger partial charge >= 0.3 is 0 Å². The maximum Gasteiger partial charge on any atom is 0.270 e. The van der Waals surface area contributed by atoms with Gasteiger partial charge in [0.2, 0.25) is 0 Å². The van der Waals surface area contributed by atoms with E-state index >= 15 is 0 Å². The van der Waals surface area contributed by atoms with Crippen molar-refractivity contribution in [3.8, 4) is 0 Å². The molecule has 0 radical (unpaired) electrons. The zero-order valence-corrected chi connectivity index (χ0v) is 14.8. The van der Waals surface area contributed by atoms with Gasteiger partial charge in [-0.3, -0.25) is 4.79 Å². The lowest BCUT2D eigenvalue weighted by Gasteiger charge is -2.35. The summed E-state index contributed by atoms with van der Waals surface area (Å²) in [5.74, 6) is 1.02. The van der Waals surface area contributed by atoms with E-state index in [1.54, 1.807) is 6.20 Å². The number of benzene rings is 1. The van der Waals surface area contributed by atoms with E-state index in [9.17, 15) is 4.79 Å². The minimum atomic E-state index is 0.0513. The first kappa shape index (κ1) is 16.0. The quantitative estimate of drug-likeness (QED) is 0.709. The molecule has 4 rings (SSSR count). The van der Waals surface area contributed by atoms with Gasteiger partial charge < -0.3 is 14.4 Å². The van der Waals surface area contributed by atoms with E-state index in [4.69, 9.17) is 11.6 Å². The number of pyridine rings is 1. The Morgan fingerprint density at radius 2 is 1.88 bits per heavy atom. The van der Waals surface area contributed by atoms with Crippen molar-refractivity contribution in [3.63, 3.8) is 0 Å². The fraction of sp³-hybridized carbons (Fsp3) is 0.263. The molecule has 3 heterocycles. The lowest BCUT2D eigenvalue weighted by atomic mass is 10.2. The molecule has 1 saturated heterocycles. The summed E-state index contributed by atoms with van der Waals surface area (Å²) in [6, 6.07) is 13.5. The molecule has 128 valence electrons. The first-order chi connectivity index (χ1) is 12.1. The van der Waals surface area contributed by atoms with Crippen LogP contribution in [0, 0.1) is 0 Å². The van der Waals surface area contributed by atoms with Gasteiger partial charge in [-0.2, -0.15) is 0 Å². The Labute approximate surface area is 151 Å². The molecule has 0 bridgehead atoms. The number of aromatic nitrogens is 2. The average Bonchev–Trinajstić information content (AvgIpc) is 3.00. The number of halogens is 1. The fourth-order valence-corrected chi connectivity index (χ4v) is 3.60. The summed E-state index contributed by atoms with van der Waals surface area (Å²) < 4.78 is 1.93. The normalized spacial score (nSPS) is 15.0. The van der Waals surface area contributed by atoms with Gasteiger partial charge in [-0.15, -0.1) is 0 Å². The van der Waals surface area contributed by atoms with E-state index in [0.717, 1.165) is 29.8 Å². The number of anilines is 1. The van der Waals surface area contributed by atoms with Crippen LogP contribution in [-0.2, 0) is 7.05 Å². The van der Waals surface area contributed by atoms with E-state index in [2.05, 4.69) is 9.88 Å². The second-order valence-corrected chi connectivity index (χ2v) is 6.64. The van der Waals surface area contributed by atoms with Gasteiger partial charge in [0, 0.05) is 55.3 Å². The Balaban J connectivity index is 1.53. The number of carbonyl (C=O) groups excluding carboxylic acids is 1. The summed E-state index contributed by atoms with van der Waals surface area (Å²) in [5.41, 5.74) is 1.65. The van der Waals surface area contributed by atoms with E-state index < -0.39 is 0 Å². The van der Waals surface area contributed by atoms with Crippen LogP contribution in [0.5, 0.6) is 0 Å². The number of fused-ring (bicyclic) bond motifs is 1. The second kappa shape index (κ2) is 6.41. The molecule has 1 aromatic carbocycles. The predicted octanol–water partition coefficient (Wildman–Crippen LogP) is 3.19. The van der Waals surface area contributed by atoms with E-state index in [0.29, 0.717) is 23.8 Å². The van der Waals surface area contributed by atoms with Gasteiger partial charge in [0.05, 0.1) is 0 Å². The second-order valence-electron chi connectivity index (χ2n) is 6.23. The third-order valence-corrected chi connectivity index (χ3v) is 5.12.